The molecule has 20 heavy (non-hydrogen) atoms. The molecule has 4 nitrogen and oxygen atoms in total. The predicted octanol–water partition coefficient (Wildman–Crippen LogP) is 2.80. The van der Waals surface area contributed by atoms with Crippen LogP contribution in [0.1, 0.15) is 21.6 Å². The summed E-state index contributed by atoms with van der Waals surface area (Å²) in [5.41, 5.74) is 12.0. The molecule has 2 aromatic rings. The lowest BCUT2D eigenvalue weighted by atomic mass is 10.0. The third-order valence-electron chi connectivity index (χ3n) is 2.90. The lowest BCUT2D eigenvalue weighted by Crippen LogP contribution is -2.27. The standard InChI is InChI=1S/C15H18N4S/c1-11-5-3-6-12(2)14(11)10-18-19-15(16)17-9-13-7-4-8-20-13/h3-8,10H,9H2,1-2H3,(H3,16,17,19)/b18-10+. The van der Waals surface area contributed by atoms with E-state index < -0.39 is 0 Å². The molecule has 0 amide bonds. The molecule has 2 rings (SSSR count). The van der Waals surface area contributed by atoms with Crippen molar-refractivity contribution in [1.29, 1.82) is 0 Å². The van der Waals surface area contributed by atoms with Crippen molar-refractivity contribution in [1.82, 2.24) is 5.43 Å². The van der Waals surface area contributed by atoms with Crippen LogP contribution in [-0.4, -0.2) is 12.2 Å². The van der Waals surface area contributed by atoms with Crippen molar-refractivity contribution in [2.24, 2.45) is 15.8 Å². The molecule has 104 valence electrons. The lowest BCUT2D eigenvalue weighted by molar-refractivity contribution is 0.970. The Labute approximate surface area is 123 Å². The minimum Gasteiger partial charge on any atom is -0.369 e. The molecule has 3 N–H and O–H groups in total. The molecule has 0 aliphatic rings. The molecule has 0 radical (unpaired) electrons. The number of guanidine groups is 1. The van der Waals surface area contributed by atoms with E-state index >= 15 is 0 Å². The summed E-state index contributed by atoms with van der Waals surface area (Å²) in [4.78, 5) is 5.40. The van der Waals surface area contributed by atoms with Crippen LogP contribution in [0, 0.1) is 13.8 Å². The number of hydrazone groups is 1. The number of hydrogen-bond donors (Lipinski definition) is 2. The van der Waals surface area contributed by atoms with Crippen LogP contribution in [0.4, 0.5) is 0 Å². The quantitative estimate of drug-likeness (QED) is 0.516. The van der Waals surface area contributed by atoms with Crippen LogP contribution in [0.15, 0.2) is 45.8 Å². The first-order valence-electron chi connectivity index (χ1n) is 6.34. The highest BCUT2D eigenvalue weighted by Crippen LogP contribution is 2.10. The normalized spacial score (nSPS) is 12.0. The van der Waals surface area contributed by atoms with E-state index in [1.54, 1.807) is 17.6 Å². The van der Waals surface area contributed by atoms with Gasteiger partial charge in [-0.15, -0.1) is 11.3 Å². The van der Waals surface area contributed by atoms with Crippen LogP contribution in [-0.2, 0) is 6.54 Å². The van der Waals surface area contributed by atoms with Crippen LogP contribution < -0.4 is 11.2 Å². The van der Waals surface area contributed by atoms with Crippen LogP contribution >= 0.6 is 11.3 Å². The Morgan fingerprint density at radius 3 is 2.65 bits per heavy atom. The first kappa shape index (κ1) is 14.3. The molecule has 0 unspecified atom stereocenters. The molecule has 1 aromatic heterocycles. The molecule has 5 heteroatoms. The van der Waals surface area contributed by atoms with Crippen molar-refractivity contribution in [3.05, 3.63) is 57.3 Å². The summed E-state index contributed by atoms with van der Waals surface area (Å²) in [6.07, 6.45) is 1.78. The zero-order valence-corrected chi connectivity index (χ0v) is 12.4. The first-order valence-corrected chi connectivity index (χ1v) is 7.22. The van der Waals surface area contributed by atoms with Gasteiger partial charge in [-0.3, -0.25) is 0 Å². The van der Waals surface area contributed by atoms with Crippen molar-refractivity contribution in [2.75, 3.05) is 0 Å². The summed E-state index contributed by atoms with van der Waals surface area (Å²) in [5.74, 6) is 0.320. The van der Waals surface area contributed by atoms with Crippen LogP contribution in [0.5, 0.6) is 0 Å². The SMILES string of the molecule is Cc1cccc(C)c1/C=N/NC(N)=NCc1cccs1. The van der Waals surface area contributed by atoms with Gasteiger partial charge in [-0.25, -0.2) is 10.4 Å². The molecule has 1 aromatic carbocycles. The van der Waals surface area contributed by atoms with Crippen molar-refractivity contribution in [3.63, 3.8) is 0 Å². The van der Waals surface area contributed by atoms with E-state index in [1.165, 1.54) is 16.0 Å². The van der Waals surface area contributed by atoms with Gasteiger partial charge in [-0.05, 0) is 36.4 Å². The van der Waals surface area contributed by atoms with Gasteiger partial charge in [0.25, 0.3) is 0 Å². The number of hydrogen-bond acceptors (Lipinski definition) is 3. The Morgan fingerprint density at radius 2 is 2.00 bits per heavy atom. The number of nitrogens with one attached hydrogen (secondary N) is 1. The summed E-state index contributed by atoms with van der Waals surface area (Å²) in [7, 11) is 0. The monoisotopic (exact) mass is 286 g/mol. The van der Waals surface area contributed by atoms with E-state index in [0.29, 0.717) is 12.5 Å². The molecule has 0 saturated heterocycles. The molecule has 0 atom stereocenters. The molecular formula is C15H18N4S. The second-order valence-electron chi connectivity index (χ2n) is 4.46. The van der Waals surface area contributed by atoms with Crippen molar-refractivity contribution >= 4 is 23.5 Å². The molecule has 0 aliphatic carbocycles. The van der Waals surface area contributed by atoms with Gasteiger partial charge in [0.1, 0.15) is 0 Å². The highest BCUT2D eigenvalue weighted by molar-refractivity contribution is 7.09. The third kappa shape index (κ3) is 3.93. The van der Waals surface area contributed by atoms with Gasteiger partial charge in [-0.2, -0.15) is 5.10 Å². The fourth-order valence-electron chi connectivity index (χ4n) is 1.79. The van der Waals surface area contributed by atoms with Crippen molar-refractivity contribution in [2.45, 2.75) is 20.4 Å². The van der Waals surface area contributed by atoms with E-state index in [2.05, 4.69) is 41.5 Å². The summed E-state index contributed by atoms with van der Waals surface area (Å²) in [6.45, 7) is 4.70. The lowest BCUT2D eigenvalue weighted by Gasteiger charge is -2.04. The molecule has 0 fully saturated rings. The smallest absolute Gasteiger partial charge is 0.209 e. The van der Waals surface area contributed by atoms with Crippen LogP contribution in [0.2, 0.25) is 0 Å². The number of aliphatic imine (C=N–C) groups is 1. The molecule has 0 bridgehead atoms. The van der Waals surface area contributed by atoms with Gasteiger partial charge in [0.05, 0.1) is 12.8 Å². The van der Waals surface area contributed by atoms with Gasteiger partial charge < -0.3 is 5.73 Å². The number of rotatable bonds is 4. The topological polar surface area (TPSA) is 62.8 Å². The average molecular weight is 286 g/mol. The number of thiophene rings is 1. The maximum atomic E-state index is 5.76. The second-order valence-corrected chi connectivity index (χ2v) is 5.49. The number of nitrogens with zero attached hydrogens (tertiary/aromatic N) is 2. The Hall–Kier alpha value is -2.14. The number of benzene rings is 1. The largest absolute Gasteiger partial charge is 0.369 e. The molecule has 1 heterocycles. The van der Waals surface area contributed by atoms with Gasteiger partial charge in [-0.1, -0.05) is 24.3 Å². The van der Waals surface area contributed by atoms with E-state index in [9.17, 15) is 0 Å². The highest BCUT2D eigenvalue weighted by atomic mass is 32.1. The van der Waals surface area contributed by atoms with Crippen LogP contribution in [0.25, 0.3) is 0 Å². The van der Waals surface area contributed by atoms with Crippen LogP contribution in [0.3, 0.4) is 0 Å². The first-order chi connectivity index (χ1) is 9.66. The van der Waals surface area contributed by atoms with Crippen molar-refractivity contribution in [3.8, 4) is 0 Å². The maximum absolute atomic E-state index is 5.76. The predicted molar refractivity (Wildman–Crippen MR) is 86.3 cm³/mol. The maximum Gasteiger partial charge on any atom is 0.209 e. The summed E-state index contributed by atoms with van der Waals surface area (Å²) in [6, 6.07) is 10.2. The van der Waals surface area contributed by atoms with E-state index in [4.69, 9.17) is 5.73 Å². The number of nitrogens with two attached hydrogens (primary N) is 1. The number of aryl methyl sites for hydroxylation is 2. The molecule has 0 spiro atoms. The van der Waals surface area contributed by atoms with E-state index in [-0.39, 0.29) is 0 Å². The average Bonchev–Trinajstić information content (AvgIpc) is 2.93. The Kier molecular flexibility index (Phi) is 4.90. The minimum absolute atomic E-state index is 0.320. The zero-order valence-electron chi connectivity index (χ0n) is 11.6. The Morgan fingerprint density at radius 1 is 1.25 bits per heavy atom. The Bertz CT molecular complexity index is 595. The summed E-state index contributed by atoms with van der Waals surface area (Å²) in [5, 5.41) is 6.16. The van der Waals surface area contributed by atoms with Crippen molar-refractivity contribution < 1.29 is 0 Å². The summed E-state index contributed by atoms with van der Waals surface area (Å²) < 4.78 is 0. The van der Waals surface area contributed by atoms with E-state index in [0.717, 1.165) is 5.56 Å². The van der Waals surface area contributed by atoms with E-state index in [1.807, 2.05) is 23.6 Å². The fraction of sp³-hybridized carbons (Fsp3) is 0.200. The highest BCUT2D eigenvalue weighted by Gasteiger charge is 1.98. The van der Waals surface area contributed by atoms with Gasteiger partial charge >= 0.3 is 0 Å². The third-order valence-corrected chi connectivity index (χ3v) is 3.76. The summed E-state index contributed by atoms with van der Waals surface area (Å²) >= 11 is 1.66. The zero-order chi connectivity index (χ0) is 14.4. The van der Waals surface area contributed by atoms with Gasteiger partial charge in [0.2, 0.25) is 5.96 Å². The molecule has 0 aliphatic heterocycles. The Balaban J connectivity index is 1.94. The fourth-order valence-corrected chi connectivity index (χ4v) is 2.42. The van der Waals surface area contributed by atoms with Gasteiger partial charge in [0, 0.05) is 10.4 Å². The molecule has 0 saturated carbocycles. The van der Waals surface area contributed by atoms with Gasteiger partial charge in [0.15, 0.2) is 0 Å². The second kappa shape index (κ2) is 6.86. The molecular weight excluding hydrogens is 268 g/mol. The minimum atomic E-state index is 0.320.